The fraction of sp³-hybridized carbons (Fsp3) is 0.531. The predicted octanol–water partition coefficient (Wildman–Crippen LogP) is 13.2. The van der Waals surface area contributed by atoms with Gasteiger partial charge in [0.1, 0.15) is 17.5 Å². The monoisotopic (exact) mass is 1050 g/mol. The van der Waals surface area contributed by atoms with E-state index in [4.69, 9.17) is 28.9 Å². The summed E-state index contributed by atoms with van der Waals surface area (Å²) in [5, 5.41) is 40.1. The molecule has 1 saturated heterocycles. The minimum absolute atomic E-state index is 0.00627. The summed E-state index contributed by atoms with van der Waals surface area (Å²) in [6, 6.07) is 27.9. The minimum atomic E-state index is -1.55. The molecule has 7 unspecified atom stereocenters. The van der Waals surface area contributed by atoms with Crippen molar-refractivity contribution in [2.45, 2.75) is 166 Å². The van der Waals surface area contributed by atoms with Gasteiger partial charge in [-0.2, -0.15) is 5.26 Å². The van der Waals surface area contributed by atoms with Gasteiger partial charge in [0, 0.05) is 56.2 Å². The first-order valence-electron chi connectivity index (χ1n) is 28.9. The summed E-state index contributed by atoms with van der Waals surface area (Å²) in [7, 11) is 0. The fourth-order valence-electron chi connectivity index (χ4n) is 12.4. The molecule has 2 aliphatic carbocycles. The van der Waals surface area contributed by atoms with E-state index in [0.29, 0.717) is 60.8 Å². The Morgan fingerprint density at radius 3 is 2.35 bits per heavy atom. The number of nitrogens with zero attached hydrogens (tertiary/aromatic N) is 3. The van der Waals surface area contributed by atoms with Gasteiger partial charge < -0.3 is 44.2 Å². The van der Waals surface area contributed by atoms with Gasteiger partial charge in [-0.1, -0.05) is 137 Å². The maximum atomic E-state index is 15.8. The zero-order valence-corrected chi connectivity index (χ0v) is 45.4. The lowest BCUT2D eigenvalue weighted by Crippen LogP contribution is -2.70. The normalized spacial score (nSPS) is 22.9. The number of aliphatic hydroxyl groups excluding tert-OH is 2. The van der Waals surface area contributed by atoms with E-state index in [-0.39, 0.29) is 56.4 Å². The van der Waals surface area contributed by atoms with Crippen molar-refractivity contribution in [3.63, 3.8) is 0 Å². The van der Waals surface area contributed by atoms with Gasteiger partial charge in [0.2, 0.25) is 12.1 Å². The van der Waals surface area contributed by atoms with Crippen LogP contribution in [0.4, 0.5) is 4.79 Å². The molecule has 77 heavy (non-hydrogen) atoms. The Kier molecular flexibility index (Phi) is 21.6. The number of rotatable bonds is 29. The SMILES string of the molecule is C=CCOC12Oc3ccc(OC(=O)NCCCCCCCCCCCC)cc3C3C(CCCCO)C(CCCCO)C=C(C(=NOC4CCCCO4)CC1N(Cc1cccc4ccccc14)C(=O)c1ccc(C#N)cc1)C32. The third-order valence-corrected chi connectivity index (χ3v) is 16.2. The molecule has 4 aliphatic rings. The third kappa shape index (κ3) is 14.4. The number of fused-ring (bicyclic) bond motifs is 3. The molecule has 2 heterocycles. The Hall–Kier alpha value is -6.04. The molecule has 3 N–H and O–H groups in total. The van der Waals surface area contributed by atoms with E-state index in [1.54, 1.807) is 36.4 Å². The summed E-state index contributed by atoms with van der Waals surface area (Å²) in [5.41, 5.74) is 4.14. The Labute approximate surface area is 456 Å². The molecule has 4 aromatic carbocycles. The predicted molar refractivity (Wildman–Crippen MR) is 300 cm³/mol. The summed E-state index contributed by atoms with van der Waals surface area (Å²) < 4.78 is 27.1. The second-order valence-electron chi connectivity index (χ2n) is 21.4. The maximum Gasteiger partial charge on any atom is 0.412 e. The van der Waals surface area contributed by atoms with Gasteiger partial charge >= 0.3 is 6.09 Å². The van der Waals surface area contributed by atoms with Crippen LogP contribution in [-0.4, -0.2) is 83.9 Å². The van der Waals surface area contributed by atoms with E-state index in [2.05, 4.69) is 55.2 Å². The Morgan fingerprint density at radius 2 is 1.62 bits per heavy atom. The number of carbonyl (C=O) groups is 2. The lowest BCUT2D eigenvalue weighted by molar-refractivity contribution is -0.255. The first-order valence-corrected chi connectivity index (χ1v) is 28.9. The highest BCUT2D eigenvalue weighted by Crippen LogP contribution is 2.62. The molecule has 7 atom stereocenters. The van der Waals surface area contributed by atoms with Crippen molar-refractivity contribution in [3.05, 3.63) is 131 Å². The van der Waals surface area contributed by atoms with E-state index in [9.17, 15) is 20.3 Å². The summed E-state index contributed by atoms with van der Waals surface area (Å²) in [6.07, 6.45) is 22.0. The maximum absolute atomic E-state index is 15.8. The molecule has 13 nitrogen and oxygen atoms in total. The zero-order valence-electron chi connectivity index (χ0n) is 45.4. The van der Waals surface area contributed by atoms with Crippen LogP contribution in [0.3, 0.4) is 0 Å². The van der Waals surface area contributed by atoms with Gasteiger partial charge in [-0.15, -0.1) is 6.58 Å². The lowest BCUT2D eigenvalue weighted by Gasteiger charge is -2.60. The zero-order chi connectivity index (χ0) is 53.8. The first kappa shape index (κ1) is 57.1. The molecule has 0 spiro atoms. The number of ether oxygens (including phenoxy) is 4. The minimum Gasteiger partial charge on any atom is -0.459 e. The molecular formula is C64H82N4O9. The Bertz CT molecular complexity index is 2650. The van der Waals surface area contributed by atoms with Gasteiger partial charge in [0.15, 0.2) is 0 Å². The molecule has 2 aliphatic heterocycles. The van der Waals surface area contributed by atoms with Crippen molar-refractivity contribution in [2.75, 3.05) is 33.0 Å². The first-order chi connectivity index (χ1) is 37.8. The number of hydrogen-bond acceptors (Lipinski definition) is 11. The molecule has 4 aromatic rings. The average molecular weight is 1050 g/mol. The summed E-state index contributed by atoms with van der Waals surface area (Å²) in [6.45, 7) is 7.82. The van der Waals surface area contributed by atoms with Gasteiger partial charge in [-0.3, -0.25) is 4.79 Å². The number of benzene rings is 4. The van der Waals surface area contributed by atoms with Crippen LogP contribution in [0.5, 0.6) is 11.5 Å². The van der Waals surface area contributed by atoms with Crippen molar-refractivity contribution in [2.24, 2.45) is 22.9 Å². The third-order valence-electron chi connectivity index (χ3n) is 16.2. The number of carbonyl (C=O) groups excluding carboxylic acids is 2. The molecule has 1 saturated carbocycles. The van der Waals surface area contributed by atoms with Crippen LogP contribution in [-0.2, 0) is 20.9 Å². The molecule has 0 aromatic heterocycles. The molecule has 8 rings (SSSR count). The van der Waals surface area contributed by atoms with Crippen molar-refractivity contribution in [3.8, 4) is 17.6 Å². The van der Waals surface area contributed by atoms with E-state index in [0.717, 1.165) is 85.3 Å². The van der Waals surface area contributed by atoms with E-state index in [1.165, 1.54) is 44.9 Å². The number of nitriles is 1. The van der Waals surface area contributed by atoms with Crippen molar-refractivity contribution in [1.82, 2.24) is 10.2 Å². The van der Waals surface area contributed by atoms with Crippen molar-refractivity contribution >= 4 is 28.5 Å². The van der Waals surface area contributed by atoms with Gasteiger partial charge in [-0.25, -0.2) is 4.79 Å². The highest BCUT2D eigenvalue weighted by Gasteiger charge is 2.65. The Balaban J connectivity index is 1.23. The highest BCUT2D eigenvalue weighted by atomic mass is 16.8. The second-order valence-corrected chi connectivity index (χ2v) is 21.4. The van der Waals surface area contributed by atoms with Gasteiger partial charge in [-0.05, 0) is 121 Å². The summed E-state index contributed by atoms with van der Waals surface area (Å²) in [5.74, 6) is -1.91. The van der Waals surface area contributed by atoms with Gasteiger partial charge in [0.25, 0.3) is 5.91 Å². The second kappa shape index (κ2) is 29.1. The van der Waals surface area contributed by atoms with Crippen molar-refractivity contribution in [1.29, 1.82) is 5.26 Å². The number of aliphatic hydroxyl groups is 2. The molecule has 412 valence electrons. The molecule has 0 bridgehead atoms. The van der Waals surface area contributed by atoms with Crippen LogP contribution in [0.2, 0.25) is 0 Å². The number of oxime groups is 1. The molecule has 0 radical (unpaired) electrons. The molecule has 13 heteroatoms. The van der Waals surface area contributed by atoms with Crippen LogP contribution >= 0.6 is 0 Å². The van der Waals surface area contributed by atoms with Crippen LogP contribution < -0.4 is 14.8 Å². The standard InChI is InChI=1S/C64H82N4O9/c1-3-5-6-7-8-9-10-11-12-18-36-66-63(72)75-51-34-35-57-55(42-51)60-53(28-16-20-38-70)49(24-15-19-37-69)41-54-56(67-77-59-29-17-21-40-73-59)43-58(64(76-57,61(54)60)74-39-4-2)68(62(71)48-32-30-46(44-65)31-33-48)45-50-26-22-25-47-23-13-14-27-52(47)50/h4,13-14,22-23,25-27,30-35,41-42,49,53,58-61,69-70H,2-3,5-12,15-21,24,28-29,36-40,43,45H2,1H3,(H,66,72). The van der Waals surface area contributed by atoms with E-state index < -0.39 is 30.1 Å². The summed E-state index contributed by atoms with van der Waals surface area (Å²) >= 11 is 0. The van der Waals surface area contributed by atoms with Crippen molar-refractivity contribution < 1.29 is 43.6 Å². The highest BCUT2D eigenvalue weighted by molar-refractivity contribution is 6.03. The molecule has 2 amide bonds. The van der Waals surface area contributed by atoms with Crippen LogP contribution in [0, 0.1) is 29.1 Å². The fourth-order valence-corrected chi connectivity index (χ4v) is 12.4. The summed E-state index contributed by atoms with van der Waals surface area (Å²) in [4.78, 5) is 37.6. The molecule has 2 fully saturated rings. The number of allylic oxidation sites excluding steroid dienone is 1. The van der Waals surface area contributed by atoms with Crippen LogP contribution in [0.1, 0.15) is 168 Å². The quantitative estimate of drug-likeness (QED) is 0.0270. The van der Waals surface area contributed by atoms with Gasteiger partial charge in [0.05, 0.1) is 36.5 Å². The van der Waals surface area contributed by atoms with E-state index >= 15 is 4.79 Å². The smallest absolute Gasteiger partial charge is 0.412 e. The molecular weight excluding hydrogens is 969 g/mol. The van der Waals surface area contributed by atoms with Crippen LogP contribution in [0.25, 0.3) is 10.8 Å². The Morgan fingerprint density at radius 1 is 0.883 bits per heavy atom. The topological polar surface area (TPSA) is 172 Å². The number of nitrogens with one attached hydrogen (secondary N) is 1. The lowest BCUT2D eigenvalue weighted by atomic mass is 9.55. The average Bonchev–Trinajstić information content (AvgIpc) is 3.65. The van der Waals surface area contributed by atoms with E-state index in [1.807, 2.05) is 35.2 Å². The number of hydrogen-bond donors (Lipinski definition) is 3. The number of amides is 2. The largest absolute Gasteiger partial charge is 0.459 e. The number of unbranched alkanes of at least 4 members (excludes halogenated alkanes) is 11. The van der Waals surface area contributed by atoms with Crippen LogP contribution in [0.15, 0.2) is 114 Å².